The van der Waals surface area contributed by atoms with Crippen molar-refractivity contribution >= 4 is 18.3 Å². The van der Waals surface area contributed by atoms with Crippen LogP contribution in [-0.4, -0.2) is 61.1 Å². The highest BCUT2D eigenvalue weighted by Crippen LogP contribution is 2.30. The normalized spacial score (nSPS) is 20.9. The van der Waals surface area contributed by atoms with Gasteiger partial charge in [0.25, 0.3) is 0 Å². The van der Waals surface area contributed by atoms with Gasteiger partial charge in [-0.3, -0.25) is 4.79 Å². The molecule has 4 rings (SSSR count). The Balaban J connectivity index is 0.00000256. The van der Waals surface area contributed by atoms with Crippen molar-refractivity contribution in [1.82, 2.24) is 9.80 Å². The summed E-state index contributed by atoms with van der Waals surface area (Å²) in [6, 6.07) is 8.02. The van der Waals surface area contributed by atoms with Crippen molar-refractivity contribution in [3.8, 4) is 11.5 Å². The maximum absolute atomic E-state index is 12.3. The number of halogens is 1. The molecule has 168 valence electrons. The van der Waals surface area contributed by atoms with E-state index in [4.69, 9.17) is 9.47 Å². The Morgan fingerprint density at radius 2 is 1.53 bits per heavy atom. The molecule has 5 nitrogen and oxygen atoms in total. The molecule has 0 N–H and O–H groups in total. The third-order valence-corrected chi connectivity index (χ3v) is 6.67. The van der Waals surface area contributed by atoms with Gasteiger partial charge in [0.2, 0.25) is 5.91 Å². The number of benzene rings is 1. The largest absolute Gasteiger partial charge is 0.494 e. The summed E-state index contributed by atoms with van der Waals surface area (Å²) in [6.07, 6.45) is 10.6. The summed E-state index contributed by atoms with van der Waals surface area (Å²) in [5.41, 5.74) is 0. The van der Waals surface area contributed by atoms with Crippen molar-refractivity contribution in [2.45, 2.75) is 63.9 Å². The second kappa shape index (κ2) is 11.8. The fourth-order valence-corrected chi connectivity index (χ4v) is 4.58. The van der Waals surface area contributed by atoms with Crippen LogP contribution in [0.25, 0.3) is 0 Å². The van der Waals surface area contributed by atoms with Crippen molar-refractivity contribution in [3.05, 3.63) is 24.3 Å². The van der Waals surface area contributed by atoms with E-state index in [1.54, 1.807) is 0 Å². The van der Waals surface area contributed by atoms with E-state index in [2.05, 4.69) is 4.90 Å². The predicted octanol–water partition coefficient (Wildman–Crippen LogP) is 4.53. The summed E-state index contributed by atoms with van der Waals surface area (Å²) in [4.78, 5) is 16.9. The standard InChI is InChI=1S/C24H36N2O3.ClH/c27-24(20-6-4-7-20)26-17-12-23(13-18-26)29-22-10-8-21(9-11-22)28-19-5-16-25-14-2-1-3-15-25;/h8-11,20,23H,1-7,12-19H2;1H. The zero-order valence-corrected chi connectivity index (χ0v) is 18.9. The van der Waals surface area contributed by atoms with E-state index >= 15 is 0 Å². The van der Waals surface area contributed by atoms with Gasteiger partial charge in [-0.1, -0.05) is 12.8 Å². The molecule has 6 heteroatoms. The van der Waals surface area contributed by atoms with Gasteiger partial charge in [-0.05, 0) is 69.5 Å². The van der Waals surface area contributed by atoms with Crippen molar-refractivity contribution in [2.75, 3.05) is 39.3 Å². The Morgan fingerprint density at radius 3 is 2.17 bits per heavy atom. The average molecular weight is 437 g/mol. The summed E-state index contributed by atoms with van der Waals surface area (Å²) >= 11 is 0. The van der Waals surface area contributed by atoms with E-state index in [0.29, 0.717) is 11.8 Å². The quantitative estimate of drug-likeness (QED) is 0.561. The summed E-state index contributed by atoms with van der Waals surface area (Å²) < 4.78 is 12.0. The highest BCUT2D eigenvalue weighted by atomic mass is 35.5. The molecule has 3 aliphatic rings. The molecule has 1 aromatic rings. The molecule has 30 heavy (non-hydrogen) atoms. The van der Waals surface area contributed by atoms with Gasteiger partial charge in [0, 0.05) is 38.4 Å². The maximum Gasteiger partial charge on any atom is 0.225 e. The molecule has 2 heterocycles. The Bertz CT molecular complexity index is 636. The van der Waals surface area contributed by atoms with Gasteiger partial charge in [-0.25, -0.2) is 0 Å². The Kier molecular flexibility index (Phi) is 9.13. The predicted molar refractivity (Wildman–Crippen MR) is 122 cm³/mol. The minimum absolute atomic E-state index is 0. The van der Waals surface area contributed by atoms with Gasteiger partial charge in [0.1, 0.15) is 17.6 Å². The van der Waals surface area contributed by atoms with E-state index < -0.39 is 0 Å². The van der Waals surface area contributed by atoms with Crippen LogP contribution in [-0.2, 0) is 4.79 Å². The van der Waals surface area contributed by atoms with Gasteiger partial charge in [-0.2, -0.15) is 0 Å². The van der Waals surface area contributed by atoms with Crippen LogP contribution in [0.15, 0.2) is 24.3 Å². The van der Waals surface area contributed by atoms with Crippen LogP contribution in [0.1, 0.15) is 57.8 Å². The smallest absolute Gasteiger partial charge is 0.225 e. The third-order valence-electron chi connectivity index (χ3n) is 6.67. The molecule has 0 bridgehead atoms. The van der Waals surface area contributed by atoms with E-state index in [0.717, 1.165) is 69.8 Å². The first-order valence-electron chi connectivity index (χ1n) is 11.7. The maximum atomic E-state index is 12.3. The topological polar surface area (TPSA) is 42.0 Å². The van der Waals surface area contributed by atoms with E-state index in [-0.39, 0.29) is 18.5 Å². The van der Waals surface area contributed by atoms with Crippen molar-refractivity contribution < 1.29 is 14.3 Å². The molecule has 0 unspecified atom stereocenters. The van der Waals surface area contributed by atoms with Crippen molar-refractivity contribution in [2.24, 2.45) is 5.92 Å². The number of carbonyl (C=O) groups excluding carboxylic acids is 1. The summed E-state index contributed by atoms with van der Waals surface area (Å²) in [5, 5.41) is 0. The fraction of sp³-hybridized carbons (Fsp3) is 0.708. The number of piperidine rings is 2. The van der Waals surface area contributed by atoms with Crippen LogP contribution in [0.3, 0.4) is 0 Å². The average Bonchev–Trinajstić information content (AvgIpc) is 2.72. The zero-order chi connectivity index (χ0) is 19.9. The van der Waals surface area contributed by atoms with Gasteiger partial charge in [-0.15, -0.1) is 12.4 Å². The summed E-state index contributed by atoms with van der Waals surface area (Å²) in [7, 11) is 0. The SMILES string of the molecule is Cl.O=C(C1CCC1)N1CCC(Oc2ccc(OCCCN3CCCCC3)cc2)CC1. The molecule has 0 aromatic heterocycles. The van der Waals surface area contributed by atoms with Gasteiger partial charge >= 0.3 is 0 Å². The molecule has 1 aromatic carbocycles. The number of ether oxygens (including phenoxy) is 2. The number of hydrogen-bond donors (Lipinski definition) is 0. The number of amides is 1. The lowest BCUT2D eigenvalue weighted by molar-refractivity contribution is -0.140. The van der Waals surface area contributed by atoms with Gasteiger partial charge in [0.05, 0.1) is 6.61 Å². The van der Waals surface area contributed by atoms with Crippen LogP contribution in [0, 0.1) is 5.92 Å². The Hall–Kier alpha value is -1.46. The molecule has 1 aliphatic carbocycles. The first-order valence-corrected chi connectivity index (χ1v) is 11.7. The number of hydrogen-bond acceptors (Lipinski definition) is 4. The monoisotopic (exact) mass is 436 g/mol. The molecule has 0 spiro atoms. The molecule has 2 saturated heterocycles. The Labute approximate surface area is 187 Å². The molecule has 1 saturated carbocycles. The first-order chi connectivity index (χ1) is 14.3. The molecule has 3 fully saturated rings. The first kappa shape index (κ1) is 23.2. The van der Waals surface area contributed by atoms with Gasteiger partial charge in [0.15, 0.2) is 0 Å². The summed E-state index contributed by atoms with van der Waals surface area (Å²) in [6.45, 7) is 6.07. The van der Waals surface area contributed by atoms with E-state index in [1.165, 1.54) is 38.8 Å². The van der Waals surface area contributed by atoms with Gasteiger partial charge < -0.3 is 19.3 Å². The lowest BCUT2D eigenvalue weighted by Crippen LogP contribution is -2.45. The van der Waals surface area contributed by atoms with Crippen LogP contribution in [0.4, 0.5) is 0 Å². The number of likely N-dealkylation sites (tertiary alicyclic amines) is 2. The highest BCUT2D eigenvalue weighted by molar-refractivity contribution is 5.85. The lowest BCUT2D eigenvalue weighted by atomic mass is 9.84. The van der Waals surface area contributed by atoms with Crippen LogP contribution < -0.4 is 9.47 Å². The zero-order valence-electron chi connectivity index (χ0n) is 18.1. The number of carbonyl (C=O) groups is 1. The Morgan fingerprint density at radius 1 is 0.867 bits per heavy atom. The minimum Gasteiger partial charge on any atom is -0.494 e. The second-order valence-corrected chi connectivity index (χ2v) is 8.85. The minimum atomic E-state index is 0. The van der Waals surface area contributed by atoms with E-state index in [9.17, 15) is 4.79 Å². The van der Waals surface area contributed by atoms with E-state index in [1.807, 2.05) is 29.2 Å². The van der Waals surface area contributed by atoms with Crippen LogP contribution >= 0.6 is 12.4 Å². The van der Waals surface area contributed by atoms with Crippen LogP contribution in [0.2, 0.25) is 0 Å². The molecular weight excluding hydrogens is 400 g/mol. The third kappa shape index (κ3) is 6.52. The fourth-order valence-electron chi connectivity index (χ4n) is 4.58. The summed E-state index contributed by atoms with van der Waals surface area (Å²) in [5.74, 6) is 2.49. The molecule has 2 aliphatic heterocycles. The van der Waals surface area contributed by atoms with Crippen molar-refractivity contribution in [3.63, 3.8) is 0 Å². The molecular formula is C24H37ClN2O3. The van der Waals surface area contributed by atoms with Crippen molar-refractivity contribution in [1.29, 1.82) is 0 Å². The molecule has 1 amide bonds. The number of rotatable bonds is 8. The number of nitrogens with zero attached hydrogens (tertiary/aromatic N) is 2. The van der Waals surface area contributed by atoms with Crippen LogP contribution in [0.5, 0.6) is 11.5 Å². The molecule has 0 radical (unpaired) electrons. The lowest BCUT2D eigenvalue weighted by Gasteiger charge is -2.36. The highest BCUT2D eigenvalue weighted by Gasteiger charge is 2.32. The second-order valence-electron chi connectivity index (χ2n) is 8.85. The molecule has 0 atom stereocenters.